The Balaban J connectivity index is 1.58. The SMILES string of the molecule is CC(Nc1nc(O)c(/C=C2\C=Nc3ncccc32)[nH]1)c1ccccc1. The fourth-order valence-electron chi connectivity index (χ4n) is 2.77. The van der Waals surface area contributed by atoms with Gasteiger partial charge in [-0.1, -0.05) is 30.3 Å². The number of fused-ring (bicyclic) bond motifs is 1. The molecule has 0 spiro atoms. The van der Waals surface area contributed by atoms with Crippen LogP contribution in [0.25, 0.3) is 11.6 Å². The summed E-state index contributed by atoms with van der Waals surface area (Å²) in [5.41, 5.74) is 3.48. The highest BCUT2D eigenvalue weighted by molar-refractivity contribution is 6.20. The van der Waals surface area contributed by atoms with Gasteiger partial charge in [0.1, 0.15) is 5.69 Å². The zero-order valence-corrected chi connectivity index (χ0v) is 13.6. The van der Waals surface area contributed by atoms with Gasteiger partial charge in [0.05, 0.1) is 6.04 Å². The van der Waals surface area contributed by atoms with Crippen LogP contribution < -0.4 is 5.32 Å². The molecule has 1 aliphatic heterocycles. The first-order valence-electron chi connectivity index (χ1n) is 8.02. The van der Waals surface area contributed by atoms with Gasteiger partial charge in [-0.25, -0.2) is 9.98 Å². The zero-order valence-electron chi connectivity index (χ0n) is 13.6. The molecule has 1 unspecified atom stereocenters. The van der Waals surface area contributed by atoms with E-state index in [9.17, 15) is 5.11 Å². The minimum atomic E-state index is -0.0546. The molecule has 3 aromatic rings. The molecule has 1 aromatic carbocycles. The van der Waals surface area contributed by atoms with E-state index < -0.39 is 0 Å². The van der Waals surface area contributed by atoms with Crippen molar-refractivity contribution in [3.63, 3.8) is 0 Å². The van der Waals surface area contributed by atoms with Crippen LogP contribution >= 0.6 is 0 Å². The van der Waals surface area contributed by atoms with Gasteiger partial charge in [-0.05, 0) is 30.7 Å². The third-order valence-corrected chi connectivity index (χ3v) is 4.09. The van der Waals surface area contributed by atoms with Gasteiger partial charge < -0.3 is 15.4 Å². The lowest BCUT2D eigenvalue weighted by Gasteiger charge is -2.12. The quantitative estimate of drug-likeness (QED) is 0.676. The number of anilines is 1. The minimum absolute atomic E-state index is 0.0546. The number of rotatable bonds is 4. The third-order valence-electron chi connectivity index (χ3n) is 4.09. The summed E-state index contributed by atoms with van der Waals surface area (Å²) in [6.07, 6.45) is 5.26. The molecule has 3 N–H and O–H groups in total. The Kier molecular flexibility index (Phi) is 3.78. The van der Waals surface area contributed by atoms with E-state index in [0.717, 1.165) is 16.7 Å². The maximum atomic E-state index is 10.1. The van der Waals surface area contributed by atoms with Crippen molar-refractivity contribution in [1.82, 2.24) is 15.0 Å². The molecule has 6 nitrogen and oxygen atoms in total. The molecule has 25 heavy (non-hydrogen) atoms. The van der Waals surface area contributed by atoms with Gasteiger partial charge in [-0.2, -0.15) is 4.98 Å². The Morgan fingerprint density at radius 2 is 2.00 bits per heavy atom. The third kappa shape index (κ3) is 3.01. The molecule has 0 radical (unpaired) electrons. The minimum Gasteiger partial charge on any atom is -0.492 e. The number of aliphatic imine (C=N–C) groups is 1. The Hall–Kier alpha value is -3.41. The lowest BCUT2D eigenvalue weighted by molar-refractivity contribution is 0.455. The van der Waals surface area contributed by atoms with Crippen molar-refractivity contribution in [3.05, 3.63) is 65.5 Å². The highest BCUT2D eigenvalue weighted by atomic mass is 16.3. The molecule has 0 amide bonds. The first-order chi connectivity index (χ1) is 12.2. The molecule has 0 saturated carbocycles. The summed E-state index contributed by atoms with van der Waals surface area (Å²) in [5.74, 6) is 1.15. The van der Waals surface area contributed by atoms with E-state index in [-0.39, 0.29) is 11.9 Å². The lowest BCUT2D eigenvalue weighted by atomic mass is 10.1. The number of hydrogen-bond acceptors (Lipinski definition) is 5. The van der Waals surface area contributed by atoms with Crippen molar-refractivity contribution in [3.8, 4) is 5.88 Å². The van der Waals surface area contributed by atoms with E-state index in [1.807, 2.05) is 55.5 Å². The second-order valence-electron chi connectivity index (χ2n) is 5.83. The van der Waals surface area contributed by atoms with Gasteiger partial charge in [-0.15, -0.1) is 0 Å². The van der Waals surface area contributed by atoms with Crippen molar-refractivity contribution in [2.45, 2.75) is 13.0 Å². The second kappa shape index (κ2) is 6.24. The lowest BCUT2D eigenvalue weighted by Crippen LogP contribution is -2.07. The summed E-state index contributed by atoms with van der Waals surface area (Å²) < 4.78 is 0. The van der Waals surface area contributed by atoms with E-state index in [1.165, 1.54) is 0 Å². The number of benzene rings is 1. The summed E-state index contributed by atoms with van der Waals surface area (Å²) in [6.45, 7) is 2.04. The molecule has 0 aliphatic carbocycles. The largest absolute Gasteiger partial charge is 0.492 e. The van der Waals surface area contributed by atoms with Gasteiger partial charge in [0.25, 0.3) is 0 Å². The number of H-pyrrole nitrogens is 1. The Bertz CT molecular complexity index is 959. The number of pyridine rings is 1. The molecular weight excluding hydrogens is 314 g/mol. The van der Waals surface area contributed by atoms with Crippen LogP contribution in [0.1, 0.15) is 29.8 Å². The van der Waals surface area contributed by atoms with Gasteiger partial charge in [0, 0.05) is 23.5 Å². The molecule has 0 fully saturated rings. The molecule has 1 aliphatic rings. The number of imidazole rings is 1. The number of aromatic amines is 1. The van der Waals surface area contributed by atoms with E-state index in [2.05, 4.69) is 25.3 Å². The van der Waals surface area contributed by atoms with E-state index in [0.29, 0.717) is 17.5 Å². The number of hydrogen-bond donors (Lipinski definition) is 3. The predicted molar refractivity (Wildman–Crippen MR) is 99.0 cm³/mol. The number of allylic oxidation sites excluding steroid dienone is 1. The Morgan fingerprint density at radius 1 is 1.16 bits per heavy atom. The van der Waals surface area contributed by atoms with Crippen LogP contribution in [0.4, 0.5) is 11.8 Å². The first-order valence-corrected chi connectivity index (χ1v) is 8.02. The van der Waals surface area contributed by atoms with E-state index in [1.54, 1.807) is 12.4 Å². The fourth-order valence-corrected chi connectivity index (χ4v) is 2.77. The average Bonchev–Trinajstić information content (AvgIpc) is 3.20. The van der Waals surface area contributed by atoms with Crippen molar-refractivity contribution in [1.29, 1.82) is 0 Å². The summed E-state index contributed by atoms with van der Waals surface area (Å²) in [6, 6.07) is 13.9. The van der Waals surface area contributed by atoms with Crippen molar-refractivity contribution < 1.29 is 5.11 Å². The van der Waals surface area contributed by atoms with Gasteiger partial charge in [0.15, 0.2) is 5.82 Å². The van der Waals surface area contributed by atoms with Gasteiger partial charge in [0.2, 0.25) is 11.8 Å². The Morgan fingerprint density at radius 3 is 2.84 bits per heavy atom. The van der Waals surface area contributed by atoms with Crippen LogP contribution in [0, 0.1) is 0 Å². The number of aromatic hydroxyl groups is 1. The summed E-state index contributed by atoms with van der Waals surface area (Å²) >= 11 is 0. The standard InChI is InChI=1S/C19H17N5O/c1-12(13-6-3-2-4-7-13)22-19-23-16(18(25)24-19)10-14-11-21-17-15(14)8-5-9-20-17/h2-12,25H,1H3,(H2,22,23,24)/b14-10+. The van der Waals surface area contributed by atoms with Crippen molar-refractivity contribution in [2.75, 3.05) is 5.32 Å². The highest BCUT2D eigenvalue weighted by Crippen LogP contribution is 2.31. The topological polar surface area (TPSA) is 86.2 Å². The first kappa shape index (κ1) is 15.1. The van der Waals surface area contributed by atoms with E-state index >= 15 is 0 Å². The smallest absolute Gasteiger partial charge is 0.238 e. The fraction of sp³-hybridized carbons (Fsp3) is 0.105. The van der Waals surface area contributed by atoms with Crippen LogP contribution in [0.2, 0.25) is 0 Å². The van der Waals surface area contributed by atoms with Gasteiger partial charge in [-0.3, -0.25) is 0 Å². The molecule has 1 atom stereocenters. The summed E-state index contributed by atoms with van der Waals surface area (Å²) in [4.78, 5) is 15.7. The van der Waals surface area contributed by atoms with Crippen LogP contribution in [0.5, 0.6) is 5.88 Å². The van der Waals surface area contributed by atoms with Crippen LogP contribution in [-0.2, 0) is 0 Å². The molecular formula is C19H17N5O. The maximum Gasteiger partial charge on any atom is 0.238 e. The summed E-state index contributed by atoms with van der Waals surface area (Å²) in [7, 11) is 0. The molecule has 2 aromatic heterocycles. The molecule has 3 heterocycles. The summed E-state index contributed by atoms with van der Waals surface area (Å²) in [5, 5.41) is 13.4. The highest BCUT2D eigenvalue weighted by Gasteiger charge is 2.15. The molecule has 0 saturated heterocycles. The van der Waals surface area contributed by atoms with E-state index in [4.69, 9.17) is 0 Å². The monoisotopic (exact) mass is 331 g/mol. The average molecular weight is 331 g/mol. The number of nitrogens with one attached hydrogen (secondary N) is 2. The zero-order chi connectivity index (χ0) is 17.2. The normalized spacial score (nSPS) is 15.3. The second-order valence-corrected chi connectivity index (χ2v) is 5.83. The van der Waals surface area contributed by atoms with Crippen molar-refractivity contribution in [2.24, 2.45) is 4.99 Å². The van der Waals surface area contributed by atoms with Gasteiger partial charge >= 0.3 is 0 Å². The molecule has 124 valence electrons. The van der Waals surface area contributed by atoms with Crippen LogP contribution in [0.15, 0.2) is 53.7 Å². The molecule has 0 bridgehead atoms. The van der Waals surface area contributed by atoms with Crippen LogP contribution in [-0.4, -0.2) is 26.3 Å². The van der Waals surface area contributed by atoms with Crippen molar-refractivity contribution >= 4 is 29.6 Å². The van der Waals surface area contributed by atoms with Crippen LogP contribution in [0.3, 0.4) is 0 Å². The molecule has 4 rings (SSSR count). The maximum absolute atomic E-state index is 10.1. The Labute approximate surface area is 145 Å². The molecule has 6 heteroatoms. The predicted octanol–water partition coefficient (Wildman–Crippen LogP) is 3.94. The number of nitrogens with zero attached hydrogens (tertiary/aromatic N) is 3. The number of aromatic nitrogens is 3.